The molecule has 1 atom stereocenters. The minimum atomic E-state index is -0.859. The Morgan fingerprint density at radius 1 is 0.957 bits per heavy atom. The fraction of sp³-hybridized carbons (Fsp3) is 0.432. The van der Waals surface area contributed by atoms with Crippen molar-refractivity contribution in [3.63, 3.8) is 0 Å². The summed E-state index contributed by atoms with van der Waals surface area (Å²) in [5.41, 5.74) is 4.16. The highest BCUT2D eigenvalue weighted by Gasteiger charge is 2.40. The predicted octanol–water partition coefficient (Wildman–Crippen LogP) is 7.89. The Labute approximate surface area is 271 Å². The number of fused-ring (bicyclic) bond motifs is 1. The van der Waals surface area contributed by atoms with E-state index in [9.17, 15) is 19.9 Å². The molecule has 0 radical (unpaired) electrons. The smallest absolute Gasteiger partial charge is 0.308 e. The van der Waals surface area contributed by atoms with Gasteiger partial charge in [0.05, 0.1) is 5.71 Å². The van der Waals surface area contributed by atoms with Crippen LogP contribution >= 0.6 is 0 Å². The van der Waals surface area contributed by atoms with Crippen molar-refractivity contribution < 1.29 is 34.1 Å². The number of hydrogen-bond donors (Lipinski definition) is 3. The van der Waals surface area contributed by atoms with Crippen molar-refractivity contribution in [3.8, 4) is 23.0 Å². The molecule has 1 unspecified atom stereocenters. The summed E-state index contributed by atoms with van der Waals surface area (Å²) in [5, 5.41) is 27.5. The van der Waals surface area contributed by atoms with E-state index in [1.807, 2.05) is 69.2 Å². The fourth-order valence-electron chi connectivity index (χ4n) is 5.74. The molecule has 0 fully saturated rings. The van der Waals surface area contributed by atoms with Gasteiger partial charge < -0.3 is 29.8 Å². The molecule has 0 aliphatic carbocycles. The number of phenols is 1. The van der Waals surface area contributed by atoms with Gasteiger partial charge in [-0.2, -0.15) is 0 Å². The highest BCUT2D eigenvalue weighted by Crippen LogP contribution is 2.44. The van der Waals surface area contributed by atoms with Crippen LogP contribution in [0.4, 0.5) is 5.69 Å². The summed E-state index contributed by atoms with van der Waals surface area (Å²) >= 11 is 0. The number of esters is 1. The van der Waals surface area contributed by atoms with Crippen molar-refractivity contribution in [1.29, 1.82) is 0 Å². The van der Waals surface area contributed by atoms with Crippen LogP contribution in [0.2, 0.25) is 0 Å². The molecule has 46 heavy (non-hydrogen) atoms. The third-order valence-electron chi connectivity index (χ3n) is 8.38. The van der Waals surface area contributed by atoms with Gasteiger partial charge in [0.1, 0.15) is 35.2 Å². The maximum absolute atomic E-state index is 13.4. The quantitative estimate of drug-likeness (QED) is 0.109. The lowest BCUT2D eigenvalue weighted by molar-refractivity contribution is -0.132. The van der Waals surface area contributed by atoms with Gasteiger partial charge in [0.25, 0.3) is 5.91 Å². The fourth-order valence-corrected chi connectivity index (χ4v) is 5.74. The molecule has 1 amide bonds. The normalized spacial score (nSPS) is 17.2. The van der Waals surface area contributed by atoms with Gasteiger partial charge in [0.15, 0.2) is 0 Å². The monoisotopic (exact) mass is 630 g/mol. The first kappa shape index (κ1) is 34.3. The number of amides is 1. The van der Waals surface area contributed by atoms with Crippen LogP contribution in [0.3, 0.4) is 0 Å². The summed E-state index contributed by atoms with van der Waals surface area (Å²) in [6.45, 7) is 21.0. The number of oxime groups is 1. The Bertz CT molecular complexity index is 1670. The molecule has 0 bridgehead atoms. The summed E-state index contributed by atoms with van der Waals surface area (Å²) in [6.07, 6.45) is 0.257. The van der Waals surface area contributed by atoms with Gasteiger partial charge in [-0.3, -0.25) is 9.59 Å². The largest absolute Gasteiger partial charge is 0.507 e. The molecule has 9 heteroatoms. The molecule has 1 aliphatic rings. The zero-order valence-corrected chi connectivity index (χ0v) is 28.8. The zero-order chi connectivity index (χ0) is 34.4. The molecular formula is C37H46N2O7. The van der Waals surface area contributed by atoms with Crippen LogP contribution in [-0.2, 0) is 15.6 Å². The lowest BCUT2D eigenvalue weighted by atomic mass is 9.78. The Morgan fingerprint density at radius 3 is 2.02 bits per heavy atom. The summed E-state index contributed by atoms with van der Waals surface area (Å²) in [6, 6.07) is 10.6. The Kier molecular flexibility index (Phi) is 9.22. The van der Waals surface area contributed by atoms with E-state index in [0.717, 1.165) is 22.3 Å². The van der Waals surface area contributed by atoms with Crippen LogP contribution < -0.4 is 19.5 Å². The number of rotatable bonds is 6. The van der Waals surface area contributed by atoms with E-state index in [0.29, 0.717) is 45.3 Å². The third kappa shape index (κ3) is 6.98. The second-order valence-corrected chi connectivity index (χ2v) is 14.5. The van der Waals surface area contributed by atoms with E-state index in [2.05, 4.69) is 10.5 Å². The number of carbonyl (C=O) groups excluding carboxylic acids is 2. The Hall–Kier alpha value is -4.53. The van der Waals surface area contributed by atoms with Gasteiger partial charge in [-0.15, -0.1) is 0 Å². The van der Waals surface area contributed by atoms with Crippen LogP contribution in [-0.4, -0.2) is 40.1 Å². The molecule has 4 rings (SSSR count). The third-order valence-corrected chi connectivity index (χ3v) is 8.38. The van der Waals surface area contributed by atoms with Crippen LogP contribution in [0.5, 0.6) is 23.0 Å². The van der Waals surface area contributed by atoms with Crippen molar-refractivity contribution in [3.05, 3.63) is 75.3 Å². The van der Waals surface area contributed by atoms with Gasteiger partial charge >= 0.3 is 5.97 Å². The molecule has 1 heterocycles. The summed E-state index contributed by atoms with van der Waals surface area (Å²) in [4.78, 5) is 25.1. The van der Waals surface area contributed by atoms with Crippen molar-refractivity contribution in [2.75, 3.05) is 11.9 Å². The maximum atomic E-state index is 13.4. The number of benzene rings is 3. The number of hydrogen-bond acceptors (Lipinski definition) is 8. The van der Waals surface area contributed by atoms with Crippen LogP contribution in [0.1, 0.15) is 106 Å². The van der Waals surface area contributed by atoms with Gasteiger partial charge in [-0.25, -0.2) is 0 Å². The van der Waals surface area contributed by atoms with Crippen molar-refractivity contribution in [1.82, 2.24) is 0 Å². The van der Waals surface area contributed by atoms with E-state index in [4.69, 9.17) is 14.2 Å². The number of nitrogens with zero attached hydrogens (tertiary/aromatic N) is 1. The molecule has 9 nitrogen and oxygen atoms in total. The van der Waals surface area contributed by atoms with Crippen LogP contribution in [0.25, 0.3) is 0 Å². The molecule has 0 saturated carbocycles. The number of phenolic OH excluding ortho intramolecular Hbond substituents is 1. The number of nitrogens with one attached hydrogen (secondary N) is 1. The number of anilines is 1. The van der Waals surface area contributed by atoms with Gasteiger partial charge in [-0.1, -0.05) is 46.7 Å². The zero-order valence-electron chi connectivity index (χ0n) is 28.8. The van der Waals surface area contributed by atoms with Crippen molar-refractivity contribution >= 4 is 23.3 Å². The average molecular weight is 631 g/mol. The molecule has 0 saturated heterocycles. The number of aromatic hydroxyl groups is 1. The first-order valence-electron chi connectivity index (χ1n) is 15.4. The molecule has 246 valence electrons. The molecule has 3 N–H and O–H groups in total. The minimum Gasteiger partial charge on any atom is -0.507 e. The molecule has 1 aliphatic heterocycles. The minimum absolute atomic E-state index is 0.152. The number of carbonyl (C=O) groups is 2. The average Bonchev–Trinajstić information content (AvgIpc) is 2.96. The molecular weight excluding hydrogens is 584 g/mol. The summed E-state index contributed by atoms with van der Waals surface area (Å²) < 4.78 is 18.1. The second-order valence-electron chi connectivity index (χ2n) is 14.5. The van der Waals surface area contributed by atoms with E-state index in [-0.39, 0.29) is 35.5 Å². The lowest BCUT2D eigenvalue weighted by Crippen LogP contribution is -2.45. The first-order chi connectivity index (χ1) is 21.3. The predicted molar refractivity (Wildman–Crippen MR) is 179 cm³/mol. The van der Waals surface area contributed by atoms with Crippen molar-refractivity contribution in [2.24, 2.45) is 5.16 Å². The van der Waals surface area contributed by atoms with E-state index < -0.39 is 11.6 Å². The molecule has 3 aromatic rings. The Balaban J connectivity index is 1.51. The highest BCUT2D eigenvalue weighted by atomic mass is 16.5. The van der Waals surface area contributed by atoms with Crippen LogP contribution in [0, 0.1) is 20.8 Å². The van der Waals surface area contributed by atoms with Crippen LogP contribution in [0.15, 0.2) is 41.6 Å². The molecule has 3 aromatic carbocycles. The van der Waals surface area contributed by atoms with E-state index in [1.54, 1.807) is 36.4 Å². The number of ether oxygens (including phenoxy) is 3. The topological polar surface area (TPSA) is 127 Å². The maximum Gasteiger partial charge on any atom is 0.308 e. The second kappa shape index (κ2) is 12.3. The first-order valence-corrected chi connectivity index (χ1v) is 15.4. The van der Waals surface area contributed by atoms with E-state index in [1.165, 1.54) is 6.92 Å². The van der Waals surface area contributed by atoms with Gasteiger partial charge in [0.2, 0.25) is 0 Å². The van der Waals surface area contributed by atoms with E-state index >= 15 is 0 Å². The van der Waals surface area contributed by atoms with Gasteiger partial charge in [0, 0.05) is 46.8 Å². The molecule has 0 aromatic heterocycles. The standard InChI is InChI=1S/C37H46N2O7/c1-20-21(2)33-30(22(3)32(20)45-23(4)40)29(39-43)18-37(11,46-33)19-44-26-14-12-25(13-15-26)38-34(42)24-16-27(35(5,6)7)31(41)28(17-24)36(8,9)10/h12-17,41,43H,18-19H2,1-11H3,(H,38,42). The lowest BCUT2D eigenvalue weighted by Gasteiger charge is -2.38. The SMILES string of the molecule is CC(=O)Oc1c(C)c(C)c2c(c1C)C(=NO)CC(C)(COc1ccc(NC(=O)c3cc(C(C)(C)C)c(O)c(C(C)(C)C)c3)cc1)O2. The molecule has 0 spiro atoms. The summed E-state index contributed by atoms with van der Waals surface area (Å²) in [7, 11) is 0. The highest BCUT2D eigenvalue weighted by molar-refractivity contribution is 6.07. The summed E-state index contributed by atoms with van der Waals surface area (Å²) in [5.74, 6) is 1.09. The Morgan fingerprint density at radius 2 is 1.52 bits per heavy atom. The van der Waals surface area contributed by atoms with Crippen molar-refractivity contribution in [2.45, 2.75) is 99.0 Å². The van der Waals surface area contributed by atoms with Gasteiger partial charge in [-0.05, 0) is 86.1 Å².